The Balaban J connectivity index is 1.40. The summed E-state index contributed by atoms with van der Waals surface area (Å²) in [6.07, 6.45) is 0.409. The lowest BCUT2D eigenvalue weighted by atomic mass is 10.1. The Morgan fingerprint density at radius 2 is 1.82 bits per heavy atom. The first-order valence-corrected chi connectivity index (χ1v) is 11.6. The molecule has 5 rings (SSSR count). The second kappa shape index (κ2) is 8.91. The van der Waals surface area contributed by atoms with Crippen molar-refractivity contribution in [1.29, 1.82) is 0 Å². The molecule has 0 saturated carbocycles. The van der Waals surface area contributed by atoms with Crippen LogP contribution in [-0.2, 0) is 11.3 Å². The number of halogens is 1. The van der Waals surface area contributed by atoms with Crippen LogP contribution in [0, 0.1) is 13.8 Å². The predicted molar refractivity (Wildman–Crippen MR) is 132 cm³/mol. The number of amides is 1. The number of fused-ring (bicyclic) bond motifs is 1. The van der Waals surface area contributed by atoms with Gasteiger partial charge in [-0.15, -0.1) is 0 Å². The fourth-order valence-electron chi connectivity index (χ4n) is 4.48. The van der Waals surface area contributed by atoms with Gasteiger partial charge in [-0.2, -0.15) is 0 Å². The third kappa shape index (κ3) is 4.21. The average molecular weight is 460 g/mol. The van der Waals surface area contributed by atoms with Gasteiger partial charge in [0, 0.05) is 18.9 Å². The van der Waals surface area contributed by atoms with Crippen molar-refractivity contribution in [3.63, 3.8) is 0 Å². The number of carbonyl (C=O) groups is 1. The molecule has 1 atom stereocenters. The molecule has 0 aliphatic carbocycles. The molecule has 1 aliphatic rings. The molecule has 33 heavy (non-hydrogen) atoms. The van der Waals surface area contributed by atoms with Crippen LogP contribution in [-0.4, -0.2) is 28.6 Å². The number of aromatic nitrogens is 2. The molecule has 1 unspecified atom stereocenters. The zero-order valence-corrected chi connectivity index (χ0v) is 19.5. The first-order chi connectivity index (χ1) is 16.0. The van der Waals surface area contributed by atoms with Crippen molar-refractivity contribution in [3.05, 3.63) is 88.7 Å². The van der Waals surface area contributed by atoms with Crippen molar-refractivity contribution >= 4 is 34.2 Å². The Morgan fingerprint density at radius 1 is 1.03 bits per heavy atom. The van der Waals surface area contributed by atoms with Gasteiger partial charge in [0.2, 0.25) is 5.91 Å². The molecule has 3 aromatic carbocycles. The van der Waals surface area contributed by atoms with Crippen LogP contribution < -0.4 is 9.64 Å². The summed E-state index contributed by atoms with van der Waals surface area (Å²) in [5, 5.41) is 0.585. The molecule has 2 heterocycles. The van der Waals surface area contributed by atoms with Crippen molar-refractivity contribution in [1.82, 2.24) is 9.55 Å². The van der Waals surface area contributed by atoms with Gasteiger partial charge in [-0.25, -0.2) is 4.98 Å². The van der Waals surface area contributed by atoms with Crippen molar-refractivity contribution in [3.8, 4) is 5.75 Å². The number of benzene rings is 3. The maximum absolute atomic E-state index is 12.9. The third-order valence-corrected chi connectivity index (χ3v) is 6.70. The summed E-state index contributed by atoms with van der Waals surface area (Å²) in [4.78, 5) is 19.6. The van der Waals surface area contributed by atoms with Gasteiger partial charge in [-0.05, 0) is 61.4 Å². The molecule has 0 N–H and O–H groups in total. The van der Waals surface area contributed by atoms with Crippen LogP contribution in [0.15, 0.2) is 66.7 Å². The van der Waals surface area contributed by atoms with Gasteiger partial charge < -0.3 is 14.2 Å². The highest BCUT2D eigenvalue weighted by Gasteiger charge is 2.35. The molecule has 4 aromatic rings. The summed E-state index contributed by atoms with van der Waals surface area (Å²) in [6, 6.07) is 21.7. The number of hydrogen-bond donors (Lipinski definition) is 0. The molecule has 0 bridgehead atoms. The fourth-order valence-corrected chi connectivity index (χ4v) is 4.72. The maximum atomic E-state index is 12.9. The van der Waals surface area contributed by atoms with E-state index in [0.29, 0.717) is 31.1 Å². The minimum absolute atomic E-state index is 0.0113. The van der Waals surface area contributed by atoms with Gasteiger partial charge in [0.25, 0.3) is 0 Å². The molecule has 0 spiro atoms. The summed E-state index contributed by atoms with van der Waals surface area (Å²) < 4.78 is 8.26. The Labute approximate surface area is 198 Å². The van der Waals surface area contributed by atoms with E-state index in [2.05, 4.69) is 36.6 Å². The highest BCUT2D eigenvalue weighted by atomic mass is 35.5. The molecular formula is C27H26ClN3O2. The molecule has 0 radical (unpaired) electrons. The molecule has 1 saturated heterocycles. The second-order valence-electron chi connectivity index (χ2n) is 8.56. The summed E-state index contributed by atoms with van der Waals surface area (Å²) in [5.41, 5.74) is 5.21. The summed E-state index contributed by atoms with van der Waals surface area (Å²) in [6.45, 7) is 5.91. The SMILES string of the molecule is Cc1ccc(OCCn2c(C3CC(=O)N(c4ccccc4Cl)C3)nc3ccccc32)cc1C. The van der Waals surface area contributed by atoms with Crippen molar-refractivity contribution in [2.75, 3.05) is 18.1 Å². The second-order valence-corrected chi connectivity index (χ2v) is 8.97. The minimum atomic E-state index is -0.0113. The Kier molecular flexibility index (Phi) is 5.81. The average Bonchev–Trinajstić information content (AvgIpc) is 3.37. The number of carbonyl (C=O) groups excluding carboxylic acids is 1. The normalized spacial score (nSPS) is 16.0. The van der Waals surface area contributed by atoms with E-state index in [4.69, 9.17) is 21.3 Å². The highest BCUT2D eigenvalue weighted by Crippen LogP contribution is 2.36. The van der Waals surface area contributed by atoms with Gasteiger partial charge in [0.1, 0.15) is 18.2 Å². The van der Waals surface area contributed by atoms with Crippen LogP contribution >= 0.6 is 11.6 Å². The van der Waals surface area contributed by atoms with Gasteiger partial charge in [-0.3, -0.25) is 4.79 Å². The van der Waals surface area contributed by atoms with E-state index in [1.807, 2.05) is 48.5 Å². The smallest absolute Gasteiger partial charge is 0.227 e. The quantitative estimate of drug-likeness (QED) is 0.360. The van der Waals surface area contributed by atoms with E-state index < -0.39 is 0 Å². The number of ether oxygens (including phenoxy) is 1. The fraction of sp³-hybridized carbons (Fsp3) is 0.259. The molecule has 1 aromatic heterocycles. The Hall–Kier alpha value is -3.31. The molecule has 1 fully saturated rings. The predicted octanol–water partition coefficient (Wildman–Crippen LogP) is 5.91. The first-order valence-electron chi connectivity index (χ1n) is 11.2. The van der Waals surface area contributed by atoms with E-state index in [1.165, 1.54) is 11.1 Å². The number of imidazole rings is 1. The van der Waals surface area contributed by atoms with Crippen LogP contribution in [0.1, 0.15) is 29.3 Å². The number of hydrogen-bond acceptors (Lipinski definition) is 3. The van der Waals surface area contributed by atoms with Crippen molar-refractivity contribution in [2.45, 2.75) is 32.7 Å². The van der Waals surface area contributed by atoms with Gasteiger partial charge in [-0.1, -0.05) is 41.9 Å². The van der Waals surface area contributed by atoms with E-state index in [0.717, 1.165) is 28.3 Å². The molecule has 5 nitrogen and oxygen atoms in total. The van der Waals surface area contributed by atoms with Gasteiger partial charge in [0.05, 0.1) is 28.3 Å². The van der Waals surface area contributed by atoms with Crippen LogP contribution in [0.5, 0.6) is 5.75 Å². The number of anilines is 1. The van der Waals surface area contributed by atoms with E-state index >= 15 is 0 Å². The first kappa shape index (κ1) is 21.5. The van der Waals surface area contributed by atoms with Crippen LogP contribution in [0.4, 0.5) is 5.69 Å². The number of aryl methyl sites for hydroxylation is 2. The standard InChI is InChI=1S/C27H26ClN3O2/c1-18-11-12-21(15-19(18)2)33-14-13-30-25-10-6-4-8-23(25)29-27(30)20-16-26(32)31(17-20)24-9-5-3-7-22(24)28/h3-12,15,20H,13-14,16-17H2,1-2H3. The lowest BCUT2D eigenvalue weighted by Gasteiger charge is -2.18. The summed E-state index contributed by atoms with van der Waals surface area (Å²) >= 11 is 6.38. The monoisotopic (exact) mass is 459 g/mol. The Bertz CT molecular complexity index is 1330. The topological polar surface area (TPSA) is 47.4 Å². The van der Waals surface area contributed by atoms with Gasteiger partial charge in [0.15, 0.2) is 0 Å². The van der Waals surface area contributed by atoms with E-state index in [-0.39, 0.29) is 11.8 Å². The zero-order chi connectivity index (χ0) is 22.9. The summed E-state index contributed by atoms with van der Waals surface area (Å²) in [7, 11) is 0. The van der Waals surface area contributed by atoms with E-state index in [9.17, 15) is 4.79 Å². The maximum Gasteiger partial charge on any atom is 0.227 e. The molecule has 1 amide bonds. The Morgan fingerprint density at radius 3 is 2.64 bits per heavy atom. The molecular weight excluding hydrogens is 434 g/mol. The number of para-hydroxylation sites is 3. The lowest BCUT2D eigenvalue weighted by molar-refractivity contribution is -0.117. The third-order valence-electron chi connectivity index (χ3n) is 6.38. The molecule has 6 heteroatoms. The van der Waals surface area contributed by atoms with Crippen molar-refractivity contribution in [2.24, 2.45) is 0 Å². The van der Waals surface area contributed by atoms with E-state index in [1.54, 1.807) is 4.90 Å². The lowest BCUT2D eigenvalue weighted by Crippen LogP contribution is -2.25. The molecule has 168 valence electrons. The highest BCUT2D eigenvalue weighted by molar-refractivity contribution is 6.33. The number of rotatable bonds is 6. The minimum Gasteiger partial charge on any atom is -0.492 e. The zero-order valence-electron chi connectivity index (χ0n) is 18.8. The van der Waals surface area contributed by atoms with Crippen LogP contribution in [0.25, 0.3) is 11.0 Å². The van der Waals surface area contributed by atoms with Crippen LogP contribution in [0.2, 0.25) is 5.02 Å². The molecule has 1 aliphatic heterocycles. The summed E-state index contributed by atoms with van der Waals surface area (Å²) in [5.74, 6) is 1.84. The van der Waals surface area contributed by atoms with Gasteiger partial charge >= 0.3 is 0 Å². The van der Waals surface area contributed by atoms with Crippen molar-refractivity contribution < 1.29 is 9.53 Å². The largest absolute Gasteiger partial charge is 0.492 e. The van der Waals surface area contributed by atoms with Crippen LogP contribution in [0.3, 0.4) is 0 Å². The number of nitrogens with zero attached hydrogens (tertiary/aromatic N) is 3.